The smallest absolute Gasteiger partial charge is 0.224 e. The summed E-state index contributed by atoms with van der Waals surface area (Å²) in [6.45, 7) is 3.38. The fourth-order valence-electron chi connectivity index (χ4n) is 2.57. The van der Waals surface area contributed by atoms with Crippen LogP contribution in [0.4, 0.5) is 10.1 Å². The molecule has 7 nitrogen and oxygen atoms in total. The lowest BCUT2D eigenvalue weighted by molar-refractivity contribution is -0.120. The molecule has 0 aliphatic heterocycles. The van der Waals surface area contributed by atoms with Crippen LogP contribution >= 0.6 is 0 Å². The Labute approximate surface area is 170 Å². The zero-order chi connectivity index (χ0) is 21.1. The van der Waals surface area contributed by atoms with E-state index in [-0.39, 0.29) is 18.1 Å². The van der Waals surface area contributed by atoms with Crippen molar-refractivity contribution in [1.82, 2.24) is 10.6 Å². The summed E-state index contributed by atoms with van der Waals surface area (Å²) in [6.07, 6.45) is 0.208. The zero-order valence-corrected chi connectivity index (χ0v) is 16.9. The Hall–Kier alpha value is -3.29. The van der Waals surface area contributed by atoms with Gasteiger partial charge in [-0.1, -0.05) is 12.1 Å². The lowest BCUT2D eigenvalue weighted by atomic mass is 10.1. The first-order valence-electron chi connectivity index (χ1n) is 9.35. The monoisotopic (exact) mass is 402 g/mol. The average Bonchev–Trinajstić information content (AvgIpc) is 2.73. The number of nitrogens with one attached hydrogen (secondary N) is 3. The number of anilines is 1. The van der Waals surface area contributed by atoms with Gasteiger partial charge < -0.3 is 25.4 Å². The number of carbonyl (C=O) groups excluding carboxylic acids is 1. The van der Waals surface area contributed by atoms with Crippen LogP contribution in [0.25, 0.3) is 0 Å². The van der Waals surface area contributed by atoms with Crippen molar-refractivity contribution >= 4 is 17.6 Å². The minimum absolute atomic E-state index is 0.127. The first-order valence-corrected chi connectivity index (χ1v) is 9.35. The van der Waals surface area contributed by atoms with E-state index < -0.39 is 0 Å². The van der Waals surface area contributed by atoms with Crippen molar-refractivity contribution in [3.8, 4) is 11.5 Å². The molecule has 0 bridgehead atoms. The third kappa shape index (κ3) is 7.33. The molecule has 1 amide bonds. The maximum absolute atomic E-state index is 12.9. The molecular weight excluding hydrogens is 375 g/mol. The molecule has 0 radical (unpaired) electrons. The second-order valence-electron chi connectivity index (χ2n) is 6.08. The number of methoxy groups -OCH3 is 1. The van der Waals surface area contributed by atoms with Crippen LogP contribution in [0, 0.1) is 5.82 Å². The normalized spacial score (nSPS) is 11.0. The van der Waals surface area contributed by atoms with Crippen LogP contribution in [0.3, 0.4) is 0 Å². The molecule has 0 saturated heterocycles. The van der Waals surface area contributed by atoms with Crippen LogP contribution in [-0.2, 0) is 11.2 Å². The van der Waals surface area contributed by atoms with Crippen LogP contribution in [0.15, 0.2) is 47.5 Å². The number of aliphatic imine (C=N–C) groups is 1. The van der Waals surface area contributed by atoms with Crippen molar-refractivity contribution in [2.75, 3.05) is 39.2 Å². The van der Waals surface area contributed by atoms with E-state index in [1.54, 1.807) is 26.3 Å². The van der Waals surface area contributed by atoms with Gasteiger partial charge in [0.25, 0.3) is 0 Å². The molecule has 0 aromatic heterocycles. The van der Waals surface area contributed by atoms with E-state index in [4.69, 9.17) is 9.47 Å². The number of halogens is 1. The van der Waals surface area contributed by atoms with E-state index in [1.807, 2.05) is 25.1 Å². The summed E-state index contributed by atoms with van der Waals surface area (Å²) in [5.41, 5.74) is 1.55. The van der Waals surface area contributed by atoms with Crippen molar-refractivity contribution in [3.63, 3.8) is 0 Å². The quantitative estimate of drug-likeness (QED) is 0.341. The summed E-state index contributed by atoms with van der Waals surface area (Å²) >= 11 is 0. The second-order valence-corrected chi connectivity index (χ2v) is 6.08. The van der Waals surface area contributed by atoms with Crippen LogP contribution < -0.4 is 25.4 Å². The molecule has 0 saturated carbocycles. The maximum atomic E-state index is 12.9. The fraction of sp³-hybridized carbons (Fsp3) is 0.333. The minimum atomic E-state index is -0.317. The van der Waals surface area contributed by atoms with Crippen molar-refractivity contribution in [2.24, 2.45) is 4.99 Å². The number of ether oxygens (including phenoxy) is 2. The third-order valence-corrected chi connectivity index (χ3v) is 3.97. The van der Waals surface area contributed by atoms with Crippen LogP contribution in [0.2, 0.25) is 0 Å². The third-order valence-electron chi connectivity index (χ3n) is 3.97. The molecule has 156 valence electrons. The molecule has 0 fully saturated rings. The number of nitrogens with zero attached hydrogens (tertiary/aromatic N) is 1. The minimum Gasteiger partial charge on any atom is -0.493 e. The molecule has 8 heteroatoms. The van der Waals surface area contributed by atoms with Crippen molar-refractivity contribution in [3.05, 3.63) is 53.8 Å². The topological polar surface area (TPSA) is 84.0 Å². The van der Waals surface area contributed by atoms with E-state index in [0.717, 1.165) is 11.3 Å². The van der Waals surface area contributed by atoms with Crippen molar-refractivity contribution < 1.29 is 18.7 Å². The van der Waals surface area contributed by atoms with Crippen LogP contribution in [0.5, 0.6) is 11.5 Å². The largest absolute Gasteiger partial charge is 0.493 e. The summed E-state index contributed by atoms with van der Waals surface area (Å²) in [5, 5.41) is 9.10. The number of hydrogen-bond donors (Lipinski definition) is 3. The molecule has 29 heavy (non-hydrogen) atoms. The lowest BCUT2D eigenvalue weighted by Crippen LogP contribution is -2.38. The molecular formula is C21H27FN4O3. The maximum Gasteiger partial charge on any atom is 0.224 e. The highest BCUT2D eigenvalue weighted by Gasteiger charge is 2.07. The standard InChI is InChI=1S/C21H27FN4O3/c1-4-29-18-10-9-17(14-19(18)28-3)26-21(23-2)25-12-11-24-20(27)13-15-5-7-16(22)8-6-15/h5-10,14H,4,11-13H2,1-3H3,(H,24,27)(H2,23,25,26). The molecule has 0 heterocycles. The van der Waals surface area contributed by atoms with Gasteiger partial charge in [0.15, 0.2) is 17.5 Å². The first-order chi connectivity index (χ1) is 14.0. The number of guanidine groups is 1. The van der Waals surface area contributed by atoms with E-state index in [9.17, 15) is 9.18 Å². The lowest BCUT2D eigenvalue weighted by Gasteiger charge is -2.15. The van der Waals surface area contributed by atoms with E-state index in [0.29, 0.717) is 37.2 Å². The number of rotatable bonds is 9. The Kier molecular flexibility index (Phi) is 8.75. The van der Waals surface area contributed by atoms with E-state index in [2.05, 4.69) is 20.9 Å². The van der Waals surface area contributed by atoms with Crippen LogP contribution in [-0.4, -0.2) is 45.7 Å². The van der Waals surface area contributed by atoms with Crippen molar-refractivity contribution in [2.45, 2.75) is 13.3 Å². The summed E-state index contributed by atoms with van der Waals surface area (Å²) in [7, 11) is 3.25. The predicted molar refractivity (Wildman–Crippen MR) is 112 cm³/mol. The first kappa shape index (κ1) is 22.0. The highest BCUT2D eigenvalue weighted by molar-refractivity contribution is 5.93. The fourth-order valence-corrected chi connectivity index (χ4v) is 2.57. The Balaban J connectivity index is 1.77. The number of amides is 1. The summed E-state index contributed by atoms with van der Waals surface area (Å²) in [6, 6.07) is 11.4. The molecule has 3 N–H and O–H groups in total. The molecule has 2 aromatic rings. The molecule has 0 unspecified atom stereocenters. The van der Waals surface area contributed by atoms with Gasteiger partial charge in [-0.05, 0) is 36.8 Å². The molecule has 0 aliphatic carbocycles. The summed E-state index contributed by atoms with van der Waals surface area (Å²) in [4.78, 5) is 16.1. The van der Waals surface area contributed by atoms with Crippen molar-refractivity contribution in [1.29, 1.82) is 0 Å². The van der Waals surface area contributed by atoms with Gasteiger partial charge >= 0.3 is 0 Å². The Morgan fingerprint density at radius 3 is 2.45 bits per heavy atom. The number of hydrogen-bond acceptors (Lipinski definition) is 4. The average molecular weight is 402 g/mol. The molecule has 0 atom stereocenters. The number of benzene rings is 2. The predicted octanol–water partition coefficient (Wildman–Crippen LogP) is 2.58. The molecule has 2 aromatic carbocycles. The second kappa shape index (κ2) is 11.5. The summed E-state index contributed by atoms with van der Waals surface area (Å²) in [5.74, 6) is 1.41. The molecule has 0 spiro atoms. The Morgan fingerprint density at radius 1 is 1.07 bits per heavy atom. The number of carbonyl (C=O) groups is 1. The van der Waals surface area contributed by atoms with E-state index >= 15 is 0 Å². The van der Waals surface area contributed by atoms with Gasteiger partial charge in [0.2, 0.25) is 5.91 Å². The molecule has 2 rings (SSSR count). The Morgan fingerprint density at radius 2 is 1.79 bits per heavy atom. The van der Waals surface area contributed by atoms with Gasteiger partial charge in [0.05, 0.1) is 20.1 Å². The SMILES string of the molecule is CCOc1ccc(NC(=NC)NCCNC(=O)Cc2ccc(F)cc2)cc1OC. The van der Waals surface area contributed by atoms with Gasteiger partial charge in [0, 0.05) is 31.9 Å². The Bertz CT molecular complexity index is 825. The highest BCUT2D eigenvalue weighted by Crippen LogP contribution is 2.30. The molecule has 0 aliphatic rings. The van der Waals surface area contributed by atoms with Gasteiger partial charge in [-0.3, -0.25) is 9.79 Å². The van der Waals surface area contributed by atoms with Gasteiger partial charge in [-0.2, -0.15) is 0 Å². The van der Waals surface area contributed by atoms with Crippen LogP contribution in [0.1, 0.15) is 12.5 Å². The van der Waals surface area contributed by atoms with Gasteiger partial charge in [-0.25, -0.2) is 4.39 Å². The van der Waals surface area contributed by atoms with Gasteiger partial charge in [-0.15, -0.1) is 0 Å². The summed E-state index contributed by atoms with van der Waals surface area (Å²) < 4.78 is 23.7. The highest BCUT2D eigenvalue weighted by atomic mass is 19.1. The zero-order valence-electron chi connectivity index (χ0n) is 16.9. The van der Waals surface area contributed by atoms with Gasteiger partial charge in [0.1, 0.15) is 5.82 Å². The van der Waals surface area contributed by atoms with E-state index in [1.165, 1.54) is 12.1 Å².